The van der Waals surface area contributed by atoms with Crippen molar-refractivity contribution in [1.29, 1.82) is 0 Å². The fraction of sp³-hybridized carbons (Fsp3) is 0.353. The molecule has 0 aliphatic carbocycles. The molecule has 26 heavy (non-hydrogen) atoms. The molecule has 4 heterocycles. The number of aromatic amines is 1. The average molecular weight is 356 g/mol. The van der Waals surface area contributed by atoms with Crippen LogP contribution in [0.2, 0.25) is 0 Å². The van der Waals surface area contributed by atoms with Crippen LogP contribution in [-0.2, 0) is 0 Å². The first-order chi connectivity index (χ1) is 12.5. The molecule has 2 atom stereocenters. The Morgan fingerprint density at radius 3 is 2.81 bits per heavy atom. The Kier molecular flexibility index (Phi) is 3.78. The highest BCUT2D eigenvalue weighted by atomic mass is 19.1. The van der Waals surface area contributed by atoms with E-state index in [0.717, 1.165) is 4.52 Å². The smallest absolute Gasteiger partial charge is 0.274 e. The molecular weight excluding hydrogens is 339 g/mol. The highest BCUT2D eigenvalue weighted by Crippen LogP contribution is 2.31. The molecule has 1 saturated heterocycles. The van der Waals surface area contributed by atoms with Crippen LogP contribution >= 0.6 is 0 Å². The number of halogens is 1. The predicted molar refractivity (Wildman–Crippen MR) is 91.5 cm³/mol. The molecule has 3 aromatic rings. The van der Waals surface area contributed by atoms with Crippen molar-refractivity contribution in [3.63, 3.8) is 0 Å². The van der Waals surface area contributed by atoms with Gasteiger partial charge in [-0.1, -0.05) is 0 Å². The zero-order chi connectivity index (χ0) is 18.4. The zero-order valence-corrected chi connectivity index (χ0v) is 14.3. The van der Waals surface area contributed by atoms with Crippen molar-refractivity contribution in [2.75, 3.05) is 13.2 Å². The lowest BCUT2D eigenvalue weighted by molar-refractivity contribution is 0.0142. The maximum absolute atomic E-state index is 13.2. The molecule has 9 heteroatoms. The number of carbonyl (C=O) groups excluding carboxylic acids is 1. The first-order valence-corrected chi connectivity index (χ1v) is 8.28. The number of carbonyl (C=O) groups is 1. The van der Waals surface area contributed by atoms with Gasteiger partial charge in [0.2, 0.25) is 0 Å². The highest BCUT2D eigenvalue weighted by Gasteiger charge is 2.41. The van der Waals surface area contributed by atoms with Gasteiger partial charge in [0.1, 0.15) is 17.0 Å². The van der Waals surface area contributed by atoms with E-state index in [1.54, 1.807) is 18.0 Å². The monoisotopic (exact) mass is 356 g/mol. The number of hydrogen-bond acceptors (Lipinski definition) is 5. The minimum atomic E-state index is -0.466. The van der Waals surface area contributed by atoms with E-state index < -0.39 is 6.67 Å². The summed E-state index contributed by atoms with van der Waals surface area (Å²) in [4.78, 5) is 38.3. The lowest BCUT2D eigenvalue weighted by Gasteiger charge is -2.45. The van der Waals surface area contributed by atoms with Gasteiger partial charge in [-0.25, -0.2) is 0 Å². The van der Waals surface area contributed by atoms with E-state index in [9.17, 15) is 14.0 Å². The fourth-order valence-corrected chi connectivity index (χ4v) is 3.26. The van der Waals surface area contributed by atoms with Crippen LogP contribution < -0.4 is 5.56 Å². The Bertz CT molecular complexity index is 1060. The summed E-state index contributed by atoms with van der Waals surface area (Å²) >= 11 is 0. The van der Waals surface area contributed by atoms with Crippen LogP contribution in [0, 0.1) is 12.8 Å². The van der Waals surface area contributed by atoms with Crippen molar-refractivity contribution in [3.05, 3.63) is 46.3 Å². The summed E-state index contributed by atoms with van der Waals surface area (Å²) < 4.78 is 14.1. The van der Waals surface area contributed by atoms with E-state index >= 15 is 0 Å². The van der Waals surface area contributed by atoms with Crippen LogP contribution in [0.1, 0.15) is 23.0 Å². The van der Waals surface area contributed by atoms with E-state index in [1.165, 1.54) is 18.5 Å². The van der Waals surface area contributed by atoms with Gasteiger partial charge in [0, 0.05) is 43.2 Å². The molecule has 0 aromatic carbocycles. The number of amides is 1. The van der Waals surface area contributed by atoms with E-state index in [4.69, 9.17) is 0 Å². The first kappa shape index (κ1) is 16.4. The van der Waals surface area contributed by atoms with E-state index in [0.29, 0.717) is 23.6 Å². The number of fused-ring (bicyclic) bond motifs is 1. The molecule has 1 N–H and O–H groups in total. The van der Waals surface area contributed by atoms with Crippen molar-refractivity contribution in [2.45, 2.75) is 19.9 Å². The summed E-state index contributed by atoms with van der Waals surface area (Å²) in [6, 6.07) is 1.11. The molecule has 0 radical (unpaired) electrons. The molecule has 8 nitrogen and oxygen atoms in total. The Hall–Kier alpha value is -3.10. The highest BCUT2D eigenvalue weighted by molar-refractivity contribution is 6.05. The number of aromatic nitrogens is 5. The maximum atomic E-state index is 13.2. The van der Waals surface area contributed by atoms with Gasteiger partial charge in [0.15, 0.2) is 5.65 Å². The second-order valence-electron chi connectivity index (χ2n) is 6.40. The molecular formula is C17H17FN6O2. The number of likely N-dealkylation sites (tertiary alicyclic amines) is 1. The van der Waals surface area contributed by atoms with Crippen LogP contribution in [0.5, 0.6) is 0 Å². The van der Waals surface area contributed by atoms with E-state index in [2.05, 4.69) is 20.1 Å². The zero-order valence-electron chi connectivity index (χ0n) is 14.3. The number of aryl methyl sites for hydroxylation is 1. The van der Waals surface area contributed by atoms with Crippen molar-refractivity contribution < 1.29 is 9.18 Å². The molecule has 1 aliphatic heterocycles. The number of H-pyrrole nitrogens is 1. The lowest BCUT2D eigenvalue weighted by atomic mass is 9.90. The molecule has 3 aromatic heterocycles. The quantitative estimate of drug-likeness (QED) is 0.761. The van der Waals surface area contributed by atoms with Gasteiger partial charge in [0.05, 0.1) is 12.4 Å². The van der Waals surface area contributed by atoms with Gasteiger partial charge in [-0.05, 0) is 13.8 Å². The molecule has 1 aliphatic rings. The third-order valence-corrected chi connectivity index (χ3v) is 4.92. The van der Waals surface area contributed by atoms with Crippen molar-refractivity contribution in [2.24, 2.45) is 5.92 Å². The van der Waals surface area contributed by atoms with Gasteiger partial charge >= 0.3 is 0 Å². The Morgan fingerprint density at radius 2 is 2.12 bits per heavy atom. The molecule has 0 saturated carbocycles. The molecule has 0 bridgehead atoms. The van der Waals surface area contributed by atoms with Crippen LogP contribution in [-0.4, -0.2) is 54.6 Å². The van der Waals surface area contributed by atoms with Gasteiger partial charge < -0.3 is 9.88 Å². The number of rotatable bonds is 3. The van der Waals surface area contributed by atoms with Gasteiger partial charge in [-0.3, -0.25) is 23.9 Å². The normalized spacial score (nSPS) is 19.6. The lowest BCUT2D eigenvalue weighted by Crippen LogP contribution is -2.58. The van der Waals surface area contributed by atoms with Gasteiger partial charge in [0.25, 0.3) is 11.5 Å². The van der Waals surface area contributed by atoms with Crippen LogP contribution in [0.3, 0.4) is 0 Å². The Balaban J connectivity index is 1.92. The number of nitrogens with zero attached hydrogens (tertiary/aromatic N) is 5. The van der Waals surface area contributed by atoms with Crippen LogP contribution in [0.15, 0.2) is 29.5 Å². The summed E-state index contributed by atoms with van der Waals surface area (Å²) in [6.45, 7) is 3.44. The van der Waals surface area contributed by atoms with Crippen molar-refractivity contribution in [3.8, 4) is 11.4 Å². The maximum Gasteiger partial charge on any atom is 0.274 e. The predicted octanol–water partition coefficient (Wildman–Crippen LogP) is 1.22. The molecule has 1 amide bonds. The van der Waals surface area contributed by atoms with Crippen molar-refractivity contribution >= 4 is 11.6 Å². The van der Waals surface area contributed by atoms with Gasteiger partial charge in [-0.2, -0.15) is 9.61 Å². The summed E-state index contributed by atoms with van der Waals surface area (Å²) in [5.74, 6) is -0.472. The number of nitrogens with one attached hydrogen (secondary N) is 1. The molecule has 0 spiro atoms. The Labute approximate surface area is 147 Å². The summed E-state index contributed by atoms with van der Waals surface area (Å²) in [6.07, 6.45) is 4.52. The van der Waals surface area contributed by atoms with E-state index in [1.807, 2.05) is 6.92 Å². The van der Waals surface area contributed by atoms with Crippen molar-refractivity contribution in [1.82, 2.24) is 29.5 Å². The second kappa shape index (κ2) is 6.01. The molecule has 2 unspecified atom stereocenters. The molecule has 1 fully saturated rings. The SMILES string of the molecule is Cc1nccnc1-c1nn2c(=O)cc[nH]c2c1C(=O)N1CC(CF)C1C. The van der Waals surface area contributed by atoms with Gasteiger partial charge in [-0.15, -0.1) is 0 Å². The average Bonchev–Trinajstić information content (AvgIpc) is 3.02. The third-order valence-electron chi connectivity index (χ3n) is 4.92. The summed E-state index contributed by atoms with van der Waals surface area (Å²) in [7, 11) is 0. The number of hydrogen-bond donors (Lipinski definition) is 1. The topological polar surface area (TPSA) is 96.2 Å². The second-order valence-corrected chi connectivity index (χ2v) is 6.40. The minimum Gasteiger partial charge on any atom is -0.346 e. The molecule has 134 valence electrons. The van der Waals surface area contributed by atoms with Crippen LogP contribution in [0.4, 0.5) is 4.39 Å². The van der Waals surface area contributed by atoms with Crippen LogP contribution in [0.25, 0.3) is 17.0 Å². The first-order valence-electron chi connectivity index (χ1n) is 8.28. The Morgan fingerprint density at radius 1 is 1.35 bits per heavy atom. The van der Waals surface area contributed by atoms with E-state index in [-0.39, 0.29) is 34.7 Å². The third kappa shape index (κ3) is 2.31. The summed E-state index contributed by atoms with van der Waals surface area (Å²) in [5, 5.41) is 4.32. The minimum absolute atomic E-state index is 0.165. The molecule has 4 rings (SSSR count). The summed E-state index contributed by atoms with van der Waals surface area (Å²) in [5.41, 5.74) is 1.49. The fourth-order valence-electron chi connectivity index (χ4n) is 3.26. The number of alkyl halides is 1. The largest absolute Gasteiger partial charge is 0.346 e. The standard InChI is InChI=1S/C17H17FN6O2/c1-9-14(20-6-5-19-9)15-13(16-21-4-3-12(25)24(16)22-15)17(26)23-8-11(7-18)10(23)2/h3-6,10-11,21H,7-8H2,1-2H3.